The summed E-state index contributed by atoms with van der Waals surface area (Å²) < 4.78 is 0. The number of hydrogen-bond donors (Lipinski definition) is 3. The Labute approximate surface area is 203 Å². The summed E-state index contributed by atoms with van der Waals surface area (Å²) in [6.45, 7) is 4.81. The van der Waals surface area contributed by atoms with Gasteiger partial charge >= 0.3 is 0 Å². The second kappa shape index (κ2) is 9.73. The minimum atomic E-state index is -0.409. The van der Waals surface area contributed by atoms with Gasteiger partial charge in [0, 0.05) is 35.6 Å². The standard InChI is InChI=1S/C28H40N4O2/c1-17-9-12-24-22(15-17)23(16-30-24)21-11-10-20-13-14-32(26(20)21)28(34)25(19-7-5-4-6-8-19)31-27(33)18(2)29-3/h9,12,15-16,18-21,25-26,29-30H,4-8,10-11,13-14H2,1-3H3,(H,31,33). The first-order valence-electron chi connectivity index (χ1n) is 13.3. The average Bonchev–Trinajstić information content (AvgIpc) is 3.57. The molecule has 2 aromatic rings. The van der Waals surface area contributed by atoms with Crippen LogP contribution in [0.25, 0.3) is 10.9 Å². The van der Waals surface area contributed by atoms with Crippen LogP contribution in [0.5, 0.6) is 0 Å². The molecule has 3 fully saturated rings. The number of aryl methyl sites for hydroxylation is 1. The van der Waals surface area contributed by atoms with Gasteiger partial charge in [0.1, 0.15) is 6.04 Å². The molecule has 0 bridgehead atoms. The maximum atomic E-state index is 14.1. The van der Waals surface area contributed by atoms with Gasteiger partial charge in [-0.3, -0.25) is 9.59 Å². The molecular formula is C28H40N4O2. The van der Waals surface area contributed by atoms with E-state index >= 15 is 0 Å². The predicted molar refractivity (Wildman–Crippen MR) is 136 cm³/mol. The molecule has 1 aromatic carbocycles. The van der Waals surface area contributed by atoms with E-state index in [1.165, 1.54) is 34.9 Å². The van der Waals surface area contributed by atoms with E-state index in [1.54, 1.807) is 7.05 Å². The second-order valence-electron chi connectivity index (χ2n) is 10.9. The number of rotatable bonds is 6. The van der Waals surface area contributed by atoms with E-state index < -0.39 is 6.04 Å². The van der Waals surface area contributed by atoms with Gasteiger partial charge in [0.2, 0.25) is 11.8 Å². The molecule has 1 aliphatic heterocycles. The number of nitrogens with zero attached hydrogens (tertiary/aromatic N) is 1. The molecular weight excluding hydrogens is 424 g/mol. The highest BCUT2D eigenvalue weighted by Crippen LogP contribution is 2.48. The Kier molecular flexibility index (Phi) is 6.70. The van der Waals surface area contributed by atoms with E-state index in [0.717, 1.165) is 45.1 Å². The van der Waals surface area contributed by atoms with Crippen LogP contribution in [0.3, 0.4) is 0 Å². The molecule has 5 rings (SSSR count). The summed E-state index contributed by atoms with van der Waals surface area (Å²) in [7, 11) is 1.79. The molecule has 1 aromatic heterocycles. The van der Waals surface area contributed by atoms with E-state index in [0.29, 0.717) is 11.8 Å². The Morgan fingerprint density at radius 1 is 1.09 bits per heavy atom. The molecule has 6 heteroatoms. The lowest BCUT2D eigenvalue weighted by Gasteiger charge is -2.37. The normalized spacial score (nSPS) is 27.0. The highest BCUT2D eigenvalue weighted by Gasteiger charge is 2.49. The van der Waals surface area contributed by atoms with Crippen LogP contribution in [-0.2, 0) is 9.59 Å². The van der Waals surface area contributed by atoms with Crippen molar-refractivity contribution >= 4 is 22.7 Å². The van der Waals surface area contributed by atoms with Crippen molar-refractivity contribution < 1.29 is 9.59 Å². The molecule has 2 aliphatic carbocycles. The highest BCUT2D eigenvalue weighted by molar-refractivity contribution is 5.90. The van der Waals surface area contributed by atoms with Crippen LogP contribution >= 0.6 is 0 Å². The Morgan fingerprint density at radius 3 is 2.65 bits per heavy atom. The van der Waals surface area contributed by atoms with E-state index in [4.69, 9.17) is 0 Å². The summed E-state index contributed by atoms with van der Waals surface area (Å²) in [4.78, 5) is 32.6. The zero-order valence-electron chi connectivity index (χ0n) is 20.9. The molecule has 184 valence electrons. The molecule has 2 amide bonds. The van der Waals surface area contributed by atoms with Gasteiger partial charge in [0.25, 0.3) is 0 Å². The third-order valence-electron chi connectivity index (χ3n) is 8.91. The number of benzene rings is 1. The largest absolute Gasteiger partial charge is 0.361 e. The van der Waals surface area contributed by atoms with Gasteiger partial charge < -0.3 is 20.5 Å². The average molecular weight is 465 g/mol. The number of likely N-dealkylation sites (N-methyl/N-ethyl adjacent to an activating group) is 1. The molecule has 1 saturated heterocycles. The number of H-pyrrole nitrogens is 1. The number of aromatic amines is 1. The zero-order chi connectivity index (χ0) is 23.8. The van der Waals surface area contributed by atoms with E-state index in [9.17, 15) is 9.59 Å². The quantitative estimate of drug-likeness (QED) is 0.598. The molecule has 5 atom stereocenters. The van der Waals surface area contributed by atoms with Gasteiger partial charge in [-0.2, -0.15) is 0 Å². The van der Waals surface area contributed by atoms with Crippen molar-refractivity contribution in [2.45, 2.75) is 89.3 Å². The highest BCUT2D eigenvalue weighted by atomic mass is 16.2. The number of hydrogen-bond acceptors (Lipinski definition) is 3. The molecule has 3 N–H and O–H groups in total. The van der Waals surface area contributed by atoms with Crippen molar-refractivity contribution in [1.82, 2.24) is 20.5 Å². The second-order valence-corrected chi connectivity index (χ2v) is 10.9. The number of aromatic nitrogens is 1. The maximum Gasteiger partial charge on any atom is 0.245 e. The fourth-order valence-corrected chi connectivity index (χ4v) is 6.90. The van der Waals surface area contributed by atoms with Crippen molar-refractivity contribution in [2.24, 2.45) is 11.8 Å². The van der Waals surface area contributed by atoms with E-state index in [-0.39, 0.29) is 29.8 Å². The lowest BCUT2D eigenvalue weighted by Crippen LogP contribution is -2.57. The summed E-state index contributed by atoms with van der Waals surface area (Å²) in [5.41, 5.74) is 3.79. The predicted octanol–water partition coefficient (Wildman–Crippen LogP) is 4.24. The number of amides is 2. The minimum Gasteiger partial charge on any atom is -0.361 e. The Hall–Kier alpha value is -2.34. The lowest BCUT2D eigenvalue weighted by atomic mass is 9.82. The molecule has 34 heavy (non-hydrogen) atoms. The number of nitrogens with one attached hydrogen (secondary N) is 3. The smallest absolute Gasteiger partial charge is 0.245 e. The Morgan fingerprint density at radius 2 is 1.88 bits per heavy atom. The lowest BCUT2D eigenvalue weighted by molar-refractivity contribution is -0.139. The molecule has 5 unspecified atom stereocenters. The Balaban J connectivity index is 1.43. The van der Waals surface area contributed by atoms with Crippen molar-refractivity contribution in [3.63, 3.8) is 0 Å². The Bertz CT molecular complexity index is 1040. The van der Waals surface area contributed by atoms with Crippen molar-refractivity contribution in [3.8, 4) is 0 Å². The van der Waals surface area contributed by atoms with Crippen LogP contribution in [0.2, 0.25) is 0 Å². The first-order chi connectivity index (χ1) is 16.5. The molecule has 2 saturated carbocycles. The molecule has 0 radical (unpaired) electrons. The van der Waals surface area contributed by atoms with Gasteiger partial charge in [0.15, 0.2) is 0 Å². The van der Waals surface area contributed by atoms with Crippen LogP contribution < -0.4 is 10.6 Å². The van der Waals surface area contributed by atoms with Gasteiger partial charge in [-0.25, -0.2) is 0 Å². The first-order valence-corrected chi connectivity index (χ1v) is 13.3. The number of carbonyl (C=O) groups excluding carboxylic acids is 2. The topological polar surface area (TPSA) is 77.2 Å². The summed E-state index contributed by atoms with van der Waals surface area (Å²) in [6.07, 6.45) is 11.1. The van der Waals surface area contributed by atoms with Crippen molar-refractivity contribution in [3.05, 3.63) is 35.5 Å². The third-order valence-corrected chi connectivity index (χ3v) is 8.91. The SMILES string of the molecule is CNC(C)C(=O)NC(C(=O)N1CCC2CCC(c3c[nH]c4ccc(C)cc34)C21)C1CCCCC1. The maximum absolute atomic E-state index is 14.1. The summed E-state index contributed by atoms with van der Waals surface area (Å²) in [5, 5.41) is 7.50. The van der Waals surface area contributed by atoms with Gasteiger partial charge in [-0.1, -0.05) is 30.9 Å². The van der Waals surface area contributed by atoms with Gasteiger partial charge in [-0.15, -0.1) is 0 Å². The number of fused-ring (bicyclic) bond motifs is 2. The molecule has 3 aliphatic rings. The van der Waals surface area contributed by atoms with Crippen LogP contribution in [-0.4, -0.2) is 53.4 Å². The van der Waals surface area contributed by atoms with Crippen LogP contribution in [0, 0.1) is 18.8 Å². The van der Waals surface area contributed by atoms with E-state index in [1.807, 2.05) is 6.92 Å². The van der Waals surface area contributed by atoms with Gasteiger partial charge in [-0.05, 0) is 82.5 Å². The summed E-state index contributed by atoms with van der Waals surface area (Å²) in [5.74, 6) is 1.23. The first kappa shape index (κ1) is 23.4. The monoisotopic (exact) mass is 464 g/mol. The molecule has 2 heterocycles. The van der Waals surface area contributed by atoms with Gasteiger partial charge in [0.05, 0.1) is 6.04 Å². The molecule has 6 nitrogen and oxygen atoms in total. The summed E-state index contributed by atoms with van der Waals surface area (Å²) >= 11 is 0. The third kappa shape index (κ3) is 4.26. The zero-order valence-corrected chi connectivity index (χ0v) is 20.9. The van der Waals surface area contributed by atoms with Crippen molar-refractivity contribution in [2.75, 3.05) is 13.6 Å². The van der Waals surface area contributed by atoms with Crippen LogP contribution in [0.1, 0.15) is 75.3 Å². The van der Waals surface area contributed by atoms with Crippen molar-refractivity contribution in [1.29, 1.82) is 0 Å². The number of likely N-dealkylation sites (tertiary alicyclic amines) is 1. The van der Waals surface area contributed by atoms with Crippen LogP contribution in [0.4, 0.5) is 0 Å². The minimum absolute atomic E-state index is 0.0720. The van der Waals surface area contributed by atoms with Crippen LogP contribution in [0.15, 0.2) is 24.4 Å². The fourth-order valence-electron chi connectivity index (χ4n) is 6.90. The van der Waals surface area contributed by atoms with E-state index in [2.05, 4.69) is 51.8 Å². The fraction of sp³-hybridized carbons (Fsp3) is 0.643. The summed E-state index contributed by atoms with van der Waals surface area (Å²) in [6, 6.07) is 6.11. The molecule has 0 spiro atoms. The number of carbonyl (C=O) groups is 2.